The summed E-state index contributed by atoms with van der Waals surface area (Å²) in [6.07, 6.45) is -2.31. The van der Waals surface area contributed by atoms with Crippen molar-refractivity contribution < 1.29 is 31.1 Å². The smallest absolute Gasteiger partial charge is 0.416 e. The quantitative estimate of drug-likeness (QED) is 0.349. The number of rotatable bonds is 5. The third-order valence-electron chi connectivity index (χ3n) is 4.71. The number of aryl methyl sites for hydroxylation is 2. The molecule has 10 heteroatoms. The molecule has 0 aliphatic heterocycles. The molecule has 2 aromatic heterocycles. The van der Waals surface area contributed by atoms with E-state index in [0.29, 0.717) is 6.07 Å². The highest BCUT2D eigenvalue weighted by Gasteiger charge is 2.31. The fraction of sp³-hybridized carbons (Fsp3) is 0.136. The summed E-state index contributed by atoms with van der Waals surface area (Å²) in [4.78, 5) is 11.4. The van der Waals surface area contributed by atoms with Crippen LogP contribution < -0.4 is 4.74 Å². The molecule has 0 aliphatic carbocycles. The van der Waals surface area contributed by atoms with Gasteiger partial charge in [-0.25, -0.2) is 28.1 Å². The molecular weight excluding hydrogens is 436 g/mol. The van der Waals surface area contributed by atoms with E-state index in [4.69, 9.17) is 4.74 Å². The van der Waals surface area contributed by atoms with Gasteiger partial charge in [0.15, 0.2) is 0 Å². The van der Waals surface area contributed by atoms with Crippen LogP contribution in [0.1, 0.15) is 16.8 Å². The maximum absolute atomic E-state index is 14.5. The number of fused-ring (bicyclic) bond motifs is 1. The van der Waals surface area contributed by atoms with Crippen LogP contribution in [-0.2, 0) is 19.0 Å². The fourth-order valence-corrected chi connectivity index (χ4v) is 3.16. The maximum atomic E-state index is 14.5. The van der Waals surface area contributed by atoms with Gasteiger partial charge in [-0.15, -0.1) is 0 Å². The molecule has 0 bridgehead atoms. The van der Waals surface area contributed by atoms with Crippen molar-refractivity contribution in [3.8, 4) is 11.6 Å². The van der Waals surface area contributed by atoms with Crippen molar-refractivity contribution in [2.24, 2.45) is 0 Å². The van der Waals surface area contributed by atoms with E-state index in [1.165, 1.54) is 12.1 Å². The Hall–Kier alpha value is -3.69. The van der Waals surface area contributed by atoms with Gasteiger partial charge in [-0.05, 0) is 42.7 Å². The SMILES string of the molecule is Fc1cc(Oc2cc(C(F)(F)F)ccn2)ccc1CCc1ncnc2c(F)ccc(F)c12. The first kappa shape index (κ1) is 21.5. The lowest BCUT2D eigenvalue weighted by Gasteiger charge is -2.10. The van der Waals surface area contributed by atoms with Gasteiger partial charge in [0.1, 0.15) is 35.0 Å². The first-order valence-electron chi connectivity index (χ1n) is 9.29. The Bertz CT molecular complexity index is 1290. The van der Waals surface area contributed by atoms with Crippen molar-refractivity contribution in [3.05, 3.63) is 89.3 Å². The molecule has 0 N–H and O–H groups in total. The Balaban J connectivity index is 1.52. The highest BCUT2D eigenvalue weighted by Crippen LogP contribution is 2.32. The molecule has 0 fully saturated rings. The molecule has 0 saturated carbocycles. The maximum Gasteiger partial charge on any atom is 0.416 e. The largest absolute Gasteiger partial charge is 0.439 e. The average Bonchev–Trinajstić information content (AvgIpc) is 2.75. The van der Waals surface area contributed by atoms with Crippen molar-refractivity contribution in [1.82, 2.24) is 15.0 Å². The zero-order valence-corrected chi connectivity index (χ0v) is 16.1. The summed E-state index contributed by atoms with van der Waals surface area (Å²) in [5.74, 6) is -2.44. The van der Waals surface area contributed by atoms with Crippen LogP contribution in [0.2, 0.25) is 0 Å². The van der Waals surface area contributed by atoms with Crippen molar-refractivity contribution in [1.29, 1.82) is 0 Å². The monoisotopic (exact) mass is 449 g/mol. The molecule has 0 aliphatic rings. The van der Waals surface area contributed by atoms with Crippen LogP contribution in [0, 0.1) is 17.5 Å². The van der Waals surface area contributed by atoms with Gasteiger partial charge < -0.3 is 4.74 Å². The van der Waals surface area contributed by atoms with E-state index in [1.54, 1.807) is 0 Å². The molecular formula is C22H13F6N3O. The predicted octanol–water partition coefficient (Wildman–Crippen LogP) is 6.04. The lowest BCUT2D eigenvalue weighted by molar-refractivity contribution is -0.137. The number of alkyl halides is 3. The van der Waals surface area contributed by atoms with Gasteiger partial charge in [0.2, 0.25) is 5.88 Å². The topological polar surface area (TPSA) is 47.9 Å². The second-order valence-corrected chi connectivity index (χ2v) is 6.81. The highest BCUT2D eigenvalue weighted by molar-refractivity contribution is 5.81. The molecule has 0 amide bonds. The summed E-state index contributed by atoms with van der Waals surface area (Å²) in [5.41, 5.74) is -0.647. The molecule has 0 atom stereocenters. The number of hydrogen-bond acceptors (Lipinski definition) is 4. The van der Waals surface area contributed by atoms with E-state index in [9.17, 15) is 26.3 Å². The molecule has 2 heterocycles. The van der Waals surface area contributed by atoms with E-state index in [2.05, 4.69) is 15.0 Å². The number of pyridine rings is 1. The van der Waals surface area contributed by atoms with Crippen molar-refractivity contribution in [3.63, 3.8) is 0 Å². The van der Waals surface area contributed by atoms with E-state index in [0.717, 1.165) is 36.8 Å². The Morgan fingerprint density at radius 2 is 1.56 bits per heavy atom. The molecule has 164 valence electrons. The molecule has 4 rings (SSSR count). The Labute approximate surface area is 177 Å². The van der Waals surface area contributed by atoms with Crippen LogP contribution in [0.15, 0.2) is 55.0 Å². The minimum Gasteiger partial charge on any atom is -0.439 e. The van der Waals surface area contributed by atoms with E-state index in [-0.39, 0.29) is 46.6 Å². The number of benzene rings is 2. The normalized spacial score (nSPS) is 11.7. The first-order valence-corrected chi connectivity index (χ1v) is 9.29. The average molecular weight is 449 g/mol. The van der Waals surface area contributed by atoms with Crippen LogP contribution in [-0.4, -0.2) is 15.0 Å². The van der Waals surface area contributed by atoms with Crippen LogP contribution in [0.3, 0.4) is 0 Å². The molecule has 0 saturated heterocycles. The van der Waals surface area contributed by atoms with Gasteiger partial charge in [-0.3, -0.25) is 0 Å². The number of aromatic nitrogens is 3. The summed E-state index contributed by atoms with van der Waals surface area (Å²) in [7, 11) is 0. The standard InChI is InChI=1S/C22H13F6N3O/c23-15-4-5-16(24)21-20(15)18(30-11-31-21)6-2-12-1-3-14(10-17(12)25)32-19-9-13(7-8-29-19)22(26,27)28/h1,3-5,7-11H,2,6H2. The molecule has 0 radical (unpaired) electrons. The number of halogens is 6. The summed E-state index contributed by atoms with van der Waals surface area (Å²) < 4.78 is 86.2. The second kappa shape index (κ2) is 8.45. The third kappa shape index (κ3) is 4.48. The zero-order valence-electron chi connectivity index (χ0n) is 16.1. The molecule has 0 spiro atoms. The second-order valence-electron chi connectivity index (χ2n) is 6.81. The molecule has 2 aromatic carbocycles. The van der Waals surface area contributed by atoms with Gasteiger partial charge in [0.05, 0.1) is 16.6 Å². The van der Waals surface area contributed by atoms with Gasteiger partial charge in [0, 0.05) is 18.3 Å². The minimum absolute atomic E-state index is 0.0429. The highest BCUT2D eigenvalue weighted by atomic mass is 19.4. The molecule has 0 unspecified atom stereocenters. The number of ether oxygens (including phenoxy) is 1. The summed E-state index contributed by atoms with van der Waals surface area (Å²) >= 11 is 0. The van der Waals surface area contributed by atoms with Crippen molar-refractivity contribution >= 4 is 10.9 Å². The van der Waals surface area contributed by atoms with Gasteiger partial charge in [-0.2, -0.15) is 13.2 Å². The first-order chi connectivity index (χ1) is 15.2. The lowest BCUT2D eigenvalue weighted by Crippen LogP contribution is -2.05. The number of nitrogens with zero attached hydrogens (tertiary/aromatic N) is 3. The van der Waals surface area contributed by atoms with E-state index in [1.807, 2.05) is 0 Å². The number of hydrogen-bond donors (Lipinski definition) is 0. The molecule has 32 heavy (non-hydrogen) atoms. The lowest BCUT2D eigenvalue weighted by atomic mass is 10.0. The zero-order chi connectivity index (χ0) is 22.9. The Morgan fingerprint density at radius 1 is 0.781 bits per heavy atom. The van der Waals surface area contributed by atoms with Gasteiger partial charge in [0.25, 0.3) is 0 Å². The summed E-state index contributed by atoms with van der Waals surface area (Å²) in [6, 6.07) is 7.21. The molecule has 4 aromatic rings. The Kier molecular flexibility index (Phi) is 5.68. The Morgan fingerprint density at radius 3 is 2.31 bits per heavy atom. The minimum atomic E-state index is -4.57. The predicted molar refractivity (Wildman–Crippen MR) is 103 cm³/mol. The van der Waals surface area contributed by atoms with Crippen LogP contribution >= 0.6 is 0 Å². The van der Waals surface area contributed by atoms with Crippen LogP contribution in [0.25, 0.3) is 10.9 Å². The van der Waals surface area contributed by atoms with Crippen LogP contribution in [0.5, 0.6) is 11.6 Å². The fourth-order valence-electron chi connectivity index (χ4n) is 3.16. The summed E-state index contributed by atoms with van der Waals surface area (Å²) in [6.45, 7) is 0. The summed E-state index contributed by atoms with van der Waals surface area (Å²) in [5, 5.41) is -0.0662. The van der Waals surface area contributed by atoms with E-state index >= 15 is 0 Å². The van der Waals surface area contributed by atoms with E-state index < -0.39 is 29.2 Å². The van der Waals surface area contributed by atoms with Gasteiger partial charge in [-0.1, -0.05) is 6.07 Å². The van der Waals surface area contributed by atoms with Crippen molar-refractivity contribution in [2.45, 2.75) is 19.0 Å². The molecule has 4 nitrogen and oxygen atoms in total. The van der Waals surface area contributed by atoms with Crippen molar-refractivity contribution in [2.75, 3.05) is 0 Å². The van der Waals surface area contributed by atoms with Gasteiger partial charge >= 0.3 is 6.18 Å². The third-order valence-corrected chi connectivity index (χ3v) is 4.71. The van der Waals surface area contributed by atoms with Crippen LogP contribution in [0.4, 0.5) is 26.3 Å².